The van der Waals surface area contributed by atoms with Gasteiger partial charge in [0, 0.05) is 42.0 Å². The number of hydrogen-bond acceptors (Lipinski definition) is 20. The first-order valence-corrected chi connectivity index (χ1v) is 27.6. The highest BCUT2D eigenvalue weighted by Gasteiger charge is 2.47. The average Bonchev–Trinajstić information content (AvgIpc) is 1.69. The highest BCUT2D eigenvalue weighted by molar-refractivity contribution is 5.96. The largest absolute Gasteiger partial charge is 0.458 e. The van der Waals surface area contributed by atoms with Crippen molar-refractivity contribution in [3.8, 4) is 11.4 Å². The average molecular weight is 1220 g/mol. The molecule has 0 spiro atoms. The molecular formula is C56H66FN11O19. The number of nitrogens with zero attached hydrogens (tertiary/aromatic N) is 2. The molecule has 30 nitrogen and oxygen atoms in total. The van der Waals surface area contributed by atoms with Crippen molar-refractivity contribution in [2.24, 2.45) is 5.73 Å². The lowest BCUT2D eigenvalue weighted by Gasteiger charge is -2.39. The van der Waals surface area contributed by atoms with Crippen LogP contribution in [0.15, 0.2) is 47.3 Å². The van der Waals surface area contributed by atoms with Crippen molar-refractivity contribution in [3.05, 3.63) is 97.6 Å². The number of aromatic nitrogens is 2. The van der Waals surface area contributed by atoms with Gasteiger partial charge in [0.25, 0.3) is 5.56 Å². The second kappa shape index (κ2) is 27.6. The fourth-order valence-electron chi connectivity index (χ4n) is 10.8. The summed E-state index contributed by atoms with van der Waals surface area (Å²) in [6.07, 6.45) is -9.71. The third kappa shape index (κ3) is 14.3. The Labute approximate surface area is 493 Å². The fourth-order valence-corrected chi connectivity index (χ4v) is 10.8. The van der Waals surface area contributed by atoms with E-state index in [-0.39, 0.29) is 49.1 Å². The molecule has 4 aliphatic rings. The Kier molecular flexibility index (Phi) is 20.3. The number of halogens is 1. The lowest BCUT2D eigenvalue weighted by Crippen LogP contribution is -2.62. The molecule has 0 bridgehead atoms. The number of pyridine rings is 2. The van der Waals surface area contributed by atoms with Crippen LogP contribution in [0.5, 0.6) is 0 Å². The van der Waals surface area contributed by atoms with Gasteiger partial charge in [-0.1, -0.05) is 37.3 Å². The second-order valence-electron chi connectivity index (χ2n) is 21.1. The Morgan fingerprint density at radius 2 is 1.53 bits per heavy atom. The number of aliphatic hydroxyl groups excluding tert-OH is 3. The van der Waals surface area contributed by atoms with E-state index in [1.54, 1.807) is 50.2 Å². The zero-order chi connectivity index (χ0) is 63.0. The van der Waals surface area contributed by atoms with E-state index in [0.29, 0.717) is 57.4 Å². The number of rotatable bonds is 24. The molecule has 2 aromatic carbocycles. The molecule has 9 atom stereocenters. The Morgan fingerprint density at radius 3 is 2.22 bits per heavy atom. The van der Waals surface area contributed by atoms with Crippen molar-refractivity contribution in [2.45, 2.75) is 120 Å². The van der Waals surface area contributed by atoms with E-state index in [1.165, 1.54) is 10.6 Å². The molecule has 14 N–H and O–H groups in total. The molecule has 1 saturated heterocycles. The zero-order valence-electron chi connectivity index (χ0n) is 47.3. The summed E-state index contributed by atoms with van der Waals surface area (Å²) in [5.74, 6) is -8.06. The first-order chi connectivity index (χ1) is 41.4. The van der Waals surface area contributed by atoms with Gasteiger partial charge in [0.05, 0.1) is 61.8 Å². The highest BCUT2D eigenvalue weighted by Crippen LogP contribution is 2.46. The molecule has 1 aliphatic carbocycles. The van der Waals surface area contributed by atoms with Crippen molar-refractivity contribution in [1.82, 2.24) is 52.1 Å². The van der Waals surface area contributed by atoms with Gasteiger partial charge >= 0.3 is 12.1 Å². The molecule has 87 heavy (non-hydrogen) atoms. The number of esters is 1. The number of amides is 9. The number of ether oxygens (including phenoxy) is 4. The number of nitrogens with one attached hydrogen (secondary N) is 8. The summed E-state index contributed by atoms with van der Waals surface area (Å²) >= 11 is 0. The van der Waals surface area contributed by atoms with E-state index < -0.39 is 171 Å². The van der Waals surface area contributed by atoms with Gasteiger partial charge in [-0.05, 0) is 60.9 Å². The van der Waals surface area contributed by atoms with Crippen LogP contribution in [-0.4, -0.2) is 179 Å². The van der Waals surface area contributed by atoms with Crippen LogP contribution in [0.1, 0.15) is 77.6 Å². The predicted octanol–water partition coefficient (Wildman–Crippen LogP) is -4.25. The molecule has 31 heteroatoms. The van der Waals surface area contributed by atoms with Crippen LogP contribution in [0.2, 0.25) is 0 Å². The van der Waals surface area contributed by atoms with E-state index in [0.717, 1.165) is 7.11 Å². The van der Waals surface area contributed by atoms with Gasteiger partial charge in [-0.3, -0.25) is 43.2 Å². The van der Waals surface area contributed by atoms with Crippen LogP contribution in [0.3, 0.4) is 0 Å². The van der Waals surface area contributed by atoms with Gasteiger partial charge in [0.2, 0.25) is 47.3 Å². The minimum absolute atomic E-state index is 0.0222. The number of benzene rings is 2. The Bertz CT molecular complexity index is 3460. The minimum Gasteiger partial charge on any atom is -0.458 e. The summed E-state index contributed by atoms with van der Waals surface area (Å²) in [7, 11) is 1.01. The molecule has 5 heterocycles. The molecule has 9 amide bonds. The SMILES string of the molecule is CC[C@@]1(O)C(=O)OCc2c1cc1n(c2=O)Cc2c-1nc1cc(F)c(C)c3c1c2[C@@H](NC(=O)COCNC(=O)CNC(=O)[C@H](Cc1ccccc1)NC(=O)CNC(=O)CNC(=O)[C@H](CCC(=O)NC[C@@H]1O[C@H](C(N)=O)[C@@H](O)[C@H](O)[C@H]1O)NC(=O)OC)CC3. The number of fused-ring (bicyclic) bond motifs is 5. The number of carbonyl (C=O) groups excluding carboxylic acids is 10. The molecule has 466 valence electrons. The van der Waals surface area contributed by atoms with Crippen LogP contribution in [0.4, 0.5) is 9.18 Å². The van der Waals surface area contributed by atoms with Crippen LogP contribution in [0.25, 0.3) is 22.3 Å². The van der Waals surface area contributed by atoms with Crippen LogP contribution in [0, 0.1) is 12.7 Å². The number of nitrogens with two attached hydrogens (primary N) is 1. The molecule has 4 aromatic rings. The van der Waals surface area contributed by atoms with Crippen LogP contribution >= 0.6 is 0 Å². The quantitative estimate of drug-likeness (QED) is 0.0158. The van der Waals surface area contributed by atoms with Crippen molar-refractivity contribution < 1.29 is 91.7 Å². The lowest BCUT2D eigenvalue weighted by molar-refractivity contribution is -0.217. The summed E-state index contributed by atoms with van der Waals surface area (Å²) in [5, 5.41) is 61.8. The Morgan fingerprint density at radius 1 is 0.839 bits per heavy atom. The molecule has 0 radical (unpaired) electrons. The number of aliphatic hydroxyl groups is 4. The van der Waals surface area contributed by atoms with E-state index >= 15 is 4.39 Å². The molecule has 1 fully saturated rings. The van der Waals surface area contributed by atoms with E-state index in [4.69, 9.17) is 24.9 Å². The van der Waals surface area contributed by atoms with E-state index in [2.05, 4.69) is 47.3 Å². The number of cyclic esters (lactones) is 1. The summed E-state index contributed by atoms with van der Waals surface area (Å²) in [6, 6.07) is 7.93. The monoisotopic (exact) mass is 1220 g/mol. The van der Waals surface area contributed by atoms with Gasteiger partial charge in [-0.15, -0.1) is 0 Å². The number of aryl methyl sites for hydroxylation is 1. The molecule has 3 aliphatic heterocycles. The topological polar surface area (TPSA) is 446 Å². The minimum atomic E-state index is -2.08. The summed E-state index contributed by atoms with van der Waals surface area (Å²) in [6.45, 7) is -0.577. The summed E-state index contributed by atoms with van der Waals surface area (Å²) in [4.78, 5) is 147. The van der Waals surface area contributed by atoms with Gasteiger partial charge in [-0.2, -0.15) is 0 Å². The van der Waals surface area contributed by atoms with Crippen LogP contribution < -0.4 is 53.8 Å². The number of hydrogen-bond donors (Lipinski definition) is 13. The summed E-state index contributed by atoms with van der Waals surface area (Å²) < 4.78 is 37.3. The highest BCUT2D eigenvalue weighted by atomic mass is 19.1. The molecule has 0 unspecified atom stereocenters. The Balaban J connectivity index is 0.799. The van der Waals surface area contributed by atoms with Crippen LogP contribution in [-0.2, 0) is 93.7 Å². The maximum atomic E-state index is 15.4. The standard InChI is InChI=1S/C56H66FN11O19/c1-4-56(83)30-15-36-45-28(21-68(36)53(80)29(30)22-86-54(56)81)44-32(11-10-27-25(2)31(57)16-34(66-45)43(27)44)64-42(73)23-85-24-63-40(71)19-62-52(79)35(14-26-8-6-5-7-9-26)65-41(72)20-60-39(70)18-61-51(78)33(67-55(82)84-3)12-13-38(69)59-17-37-46(74)47(75)48(76)49(87-37)50(58)77/h5-9,15-16,32-33,35,37,46-49,74-76,83H,4,10-14,17-24H2,1-3H3,(H2,58,77)(H,59,69)(H,60,70)(H,61,78)(H,62,79)(H,63,71)(H,64,73)(H,65,72)(H,67,82)/t32-,33-,35-,37-,46-,47+,48-,49-,56-/m0/s1. The van der Waals surface area contributed by atoms with Crippen molar-refractivity contribution >= 4 is 70.2 Å². The fraction of sp³-hybridized carbons (Fsp3) is 0.464. The van der Waals surface area contributed by atoms with E-state index in [1.807, 2.05) is 0 Å². The first-order valence-electron chi connectivity index (χ1n) is 27.6. The van der Waals surface area contributed by atoms with Gasteiger partial charge in [0.15, 0.2) is 11.7 Å². The molecule has 2 aromatic heterocycles. The lowest BCUT2D eigenvalue weighted by atomic mass is 9.81. The number of carbonyl (C=O) groups is 10. The Hall–Kier alpha value is -9.01. The molecular weight excluding hydrogens is 1150 g/mol. The normalized spacial score (nSPS) is 21.3. The zero-order valence-corrected chi connectivity index (χ0v) is 47.3. The maximum Gasteiger partial charge on any atom is 0.407 e. The second-order valence-corrected chi connectivity index (χ2v) is 21.1. The number of methoxy groups -OCH3 is 1. The number of primary amides is 1. The van der Waals surface area contributed by atoms with Crippen molar-refractivity contribution in [2.75, 3.05) is 46.6 Å². The van der Waals surface area contributed by atoms with Gasteiger partial charge in [0.1, 0.15) is 62.3 Å². The number of alkyl carbamates (subject to hydrolysis) is 1. The first kappa shape index (κ1) is 64.0. The van der Waals surface area contributed by atoms with Gasteiger partial charge in [-0.25, -0.2) is 19.0 Å². The predicted molar refractivity (Wildman–Crippen MR) is 296 cm³/mol. The van der Waals surface area contributed by atoms with Gasteiger partial charge < -0.3 is 92.2 Å². The maximum absolute atomic E-state index is 15.4. The third-order valence-corrected chi connectivity index (χ3v) is 15.5. The summed E-state index contributed by atoms with van der Waals surface area (Å²) in [5.41, 5.74) is 6.67. The smallest absolute Gasteiger partial charge is 0.407 e. The molecule has 0 saturated carbocycles. The van der Waals surface area contributed by atoms with E-state index in [9.17, 15) is 73.2 Å². The third-order valence-electron chi connectivity index (χ3n) is 15.5. The van der Waals surface area contributed by atoms with Crippen molar-refractivity contribution in [1.29, 1.82) is 0 Å². The van der Waals surface area contributed by atoms with Crippen molar-refractivity contribution in [3.63, 3.8) is 0 Å². The molecule has 8 rings (SSSR count).